The van der Waals surface area contributed by atoms with Crippen LogP contribution in [0, 0.1) is 6.92 Å². The number of carbonyl (C=O) groups excluding carboxylic acids is 1. The highest BCUT2D eigenvalue weighted by molar-refractivity contribution is 9.10. The summed E-state index contributed by atoms with van der Waals surface area (Å²) in [5, 5.41) is 0. The van der Waals surface area contributed by atoms with Crippen LogP contribution in [0.4, 0.5) is 0 Å². The van der Waals surface area contributed by atoms with Gasteiger partial charge in [0.1, 0.15) is 0 Å². The standard InChI is InChI=1S/C10H11BrO3/c1-6-8(11)4-7(5-12)10(14-3)9(6)13-2/h4-5H,1-3H3. The molecule has 0 aliphatic carbocycles. The third-order valence-corrected chi connectivity index (χ3v) is 2.81. The summed E-state index contributed by atoms with van der Waals surface area (Å²) >= 11 is 3.35. The number of halogens is 1. The first-order valence-electron chi connectivity index (χ1n) is 4.02. The van der Waals surface area contributed by atoms with Crippen LogP contribution in [0.2, 0.25) is 0 Å². The number of ether oxygens (including phenoxy) is 2. The molecule has 4 heteroatoms. The van der Waals surface area contributed by atoms with E-state index in [4.69, 9.17) is 9.47 Å². The van der Waals surface area contributed by atoms with E-state index in [1.54, 1.807) is 13.2 Å². The van der Waals surface area contributed by atoms with E-state index in [0.717, 1.165) is 16.3 Å². The normalized spacial score (nSPS) is 9.71. The SMILES string of the molecule is COc1c(C=O)cc(Br)c(C)c1OC. The van der Waals surface area contributed by atoms with E-state index in [0.29, 0.717) is 17.1 Å². The fraction of sp³-hybridized carbons (Fsp3) is 0.300. The number of benzene rings is 1. The van der Waals surface area contributed by atoms with Crippen LogP contribution in [0.5, 0.6) is 11.5 Å². The van der Waals surface area contributed by atoms with Gasteiger partial charge in [-0.15, -0.1) is 0 Å². The Labute approximate surface area is 91.1 Å². The molecule has 0 atom stereocenters. The van der Waals surface area contributed by atoms with Crippen molar-refractivity contribution >= 4 is 22.2 Å². The summed E-state index contributed by atoms with van der Waals surface area (Å²) in [6.45, 7) is 1.89. The van der Waals surface area contributed by atoms with Crippen molar-refractivity contribution in [3.05, 3.63) is 21.7 Å². The van der Waals surface area contributed by atoms with E-state index >= 15 is 0 Å². The molecule has 0 radical (unpaired) electrons. The molecule has 3 nitrogen and oxygen atoms in total. The summed E-state index contributed by atoms with van der Waals surface area (Å²) in [5.41, 5.74) is 1.39. The van der Waals surface area contributed by atoms with Gasteiger partial charge in [-0.2, -0.15) is 0 Å². The zero-order chi connectivity index (χ0) is 10.7. The van der Waals surface area contributed by atoms with Gasteiger partial charge >= 0.3 is 0 Å². The number of carbonyl (C=O) groups is 1. The number of methoxy groups -OCH3 is 2. The van der Waals surface area contributed by atoms with Gasteiger partial charge in [-0.25, -0.2) is 0 Å². The Hall–Kier alpha value is -1.03. The Bertz CT molecular complexity index is 361. The van der Waals surface area contributed by atoms with Gasteiger partial charge in [0.15, 0.2) is 17.8 Å². The van der Waals surface area contributed by atoms with E-state index < -0.39 is 0 Å². The Morgan fingerprint density at radius 1 is 1.29 bits per heavy atom. The van der Waals surface area contributed by atoms with Gasteiger partial charge < -0.3 is 9.47 Å². The molecule has 1 aromatic rings. The summed E-state index contributed by atoms with van der Waals surface area (Å²) in [5.74, 6) is 1.06. The van der Waals surface area contributed by atoms with E-state index in [2.05, 4.69) is 15.9 Å². The molecule has 0 heterocycles. The lowest BCUT2D eigenvalue weighted by Gasteiger charge is -2.13. The Balaban J connectivity index is 3.49. The molecular formula is C10H11BrO3. The van der Waals surface area contributed by atoms with Crippen LogP contribution in [-0.2, 0) is 0 Å². The summed E-state index contributed by atoms with van der Waals surface area (Å²) in [6.07, 6.45) is 0.742. The molecule has 1 aromatic carbocycles. The van der Waals surface area contributed by atoms with Gasteiger partial charge in [-0.05, 0) is 13.0 Å². The molecular weight excluding hydrogens is 248 g/mol. The molecule has 0 bridgehead atoms. The maximum atomic E-state index is 10.8. The van der Waals surface area contributed by atoms with Crippen molar-refractivity contribution < 1.29 is 14.3 Å². The Morgan fingerprint density at radius 2 is 1.86 bits per heavy atom. The molecule has 0 unspecified atom stereocenters. The summed E-state index contributed by atoms with van der Waals surface area (Å²) in [6, 6.07) is 1.71. The number of rotatable bonds is 3. The molecule has 0 saturated heterocycles. The lowest BCUT2D eigenvalue weighted by atomic mass is 10.1. The van der Waals surface area contributed by atoms with Crippen LogP contribution in [-0.4, -0.2) is 20.5 Å². The minimum Gasteiger partial charge on any atom is -0.493 e. The lowest BCUT2D eigenvalue weighted by molar-refractivity contribution is 0.112. The molecule has 0 aliphatic rings. The van der Waals surface area contributed by atoms with Crippen LogP contribution in [0.1, 0.15) is 15.9 Å². The monoisotopic (exact) mass is 258 g/mol. The highest BCUT2D eigenvalue weighted by Crippen LogP contribution is 2.37. The van der Waals surface area contributed by atoms with Gasteiger partial charge in [0.2, 0.25) is 0 Å². The van der Waals surface area contributed by atoms with Crippen LogP contribution < -0.4 is 9.47 Å². The first-order chi connectivity index (χ1) is 6.65. The van der Waals surface area contributed by atoms with E-state index in [1.807, 2.05) is 6.92 Å². The Kier molecular flexibility index (Phi) is 3.52. The second kappa shape index (κ2) is 4.46. The van der Waals surface area contributed by atoms with Gasteiger partial charge in [0.05, 0.1) is 19.8 Å². The molecule has 0 N–H and O–H groups in total. The molecule has 0 aliphatic heterocycles. The average molecular weight is 259 g/mol. The van der Waals surface area contributed by atoms with Crippen molar-refractivity contribution in [2.45, 2.75) is 6.92 Å². The van der Waals surface area contributed by atoms with Gasteiger partial charge in [-0.1, -0.05) is 15.9 Å². The third kappa shape index (κ3) is 1.75. The van der Waals surface area contributed by atoms with Gasteiger partial charge in [-0.3, -0.25) is 4.79 Å². The zero-order valence-corrected chi connectivity index (χ0v) is 9.84. The molecule has 1 rings (SSSR count). The fourth-order valence-electron chi connectivity index (χ4n) is 1.26. The Morgan fingerprint density at radius 3 is 2.29 bits per heavy atom. The second-order valence-corrected chi connectivity index (χ2v) is 3.61. The minimum atomic E-state index is 0.474. The van der Waals surface area contributed by atoms with Crippen LogP contribution in [0.3, 0.4) is 0 Å². The maximum absolute atomic E-state index is 10.8. The number of hydrogen-bond acceptors (Lipinski definition) is 3. The van der Waals surface area contributed by atoms with Crippen molar-refractivity contribution in [2.24, 2.45) is 0 Å². The summed E-state index contributed by atoms with van der Waals surface area (Å²) in [7, 11) is 3.06. The van der Waals surface area contributed by atoms with Crippen molar-refractivity contribution in [3.8, 4) is 11.5 Å². The molecule has 0 amide bonds. The van der Waals surface area contributed by atoms with Gasteiger partial charge in [0.25, 0.3) is 0 Å². The maximum Gasteiger partial charge on any atom is 0.171 e. The lowest BCUT2D eigenvalue weighted by Crippen LogP contribution is -1.98. The smallest absolute Gasteiger partial charge is 0.171 e. The summed E-state index contributed by atoms with van der Waals surface area (Å²) < 4.78 is 11.1. The first kappa shape index (κ1) is 11.0. The van der Waals surface area contributed by atoms with Crippen molar-refractivity contribution in [2.75, 3.05) is 14.2 Å². The number of aldehydes is 1. The van der Waals surface area contributed by atoms with E-state index in [9.17, 15) is 4.79 Å². The van der Waals surface area contributed by atoms with Crippen molar-refractivity contribution in [1.29, 1.82) is 0 Å². The van der Waals surface area contributed by atoms with Crippen LogP contribution >= 0.6 is 15.9 Å². The number of hydrogen-bond donors (Lipinski definition) is 0. The van der Waals surface area contributed by atoms with E-state index in [-0.39, 0.29) is 0 Å². The van der Waals surface area contributed by atoms with E-state index in [1.165, 1.54) is 7.11 Å². The van der Waals surface area contributed by atoms with Gasteiger partial charge in [0, 0.05) is 10.0 Å². The molecule has 0 aromatic heterocycles. The molecule has 0 spiro atoms. The minimum absolute atomic E-state index is 0.474. The molecule has 0 fully saturated rings. The predicted octanol–water partition coefficient (Wildman–Crippen LogP) is 2.59. The first-order valence-corrected chi connectivity index (χ1v) is 4.81. The predicted molar refractivity (Wildman–Crippen MR) is 57.4 cm³/mol. The van der Waals surface area contributed by atoms with Crippen LogP contribution in [0.15, 0.2) is 10.5 Å². The largest absolute Gasteiger partial charge is 0.493 e. The van der Waals surface area contributed by atoms with Crippen LogP contribution in [0.25, 0.3) is 0 Å². The highest BCUT2D eigenvalue weighted by atomic mass is 79.9. The molecule has 14 heavy (non-hydrogen) atoms. The quantitative estimate of drug-likeness (QED) is 0.782. The molecule has 76 valence electrons. The topological polar surface area (TPSA) is 35.5 Å². The highest BCUT2D eigenvalue weighted by Gasteiger charge is 2.15. The summed E-state index contributed by atoms with van der Waals surface area (Å²) in [4.78, 5) is 10.8. The van der Waals surface area contributed by atoms with Crippen molar-refractivity contribution in [1.82, 2.24) is 0 Å². The zero-order valence-electron chi connectivity index (χ0n) is 8.26. The third-order valence-electron chi connectivity index (χ3n) is 1.98. The second-order valence-electron chi connectivity index (χ2n) is 2.76. The van der Waals surface area contributed by atoms with Crippen molar-refractivity contribution in [3.63, 3.8) is 0 Å². The molecule has 0 saturated carbocycles. The average Bonchev–Trinajstić information content (AvgIpc) is 2.20. The fourth-order valence-corrected chi connectivity index (χ4v) is 1.69.